The van der Waals surface area contributed by atoms with Crippen molar-refractivity contribution in [1.82, 2.24) is 15.5 Å². The third kappa shape index (κ3) is 3.52. The molecular weight excluding hydrogens is 308 g/mol. The van der Waals surface area contributed by atoms with Crippen molar-refractivity contribution in [2.45, 2.75) is 6.54 Å². The number of nitrogens with one attached hydrogen (secondary N) is 3. The van der Waals surface area contributed by atoms with Gasteiger partial charge in [-0.15, -0.1) is 0 Å². The molecule has 0 aliphatic heterocycles. The van der Waals surface area contributed by atoms with Crippen LogP contribution in [0.15, 0.2) is 48.7 Å². The number of aromatic amines is 1. The smallest absolute Gasteiger partial charge is 0.313 e. The molecule has 3 N–H and O–H groups in total. The van der Waals surface area contributed by atoms with E-state index in [1.54, 1.807) is 37.6 Å². The Labute approximate surface area is 138 Å². The van der Waals surface area contributed by atoms with E-state index in [0.29, 0.717) is 5.69 Å². The number of benzene rings is 2. The van der Waals surface area contributed by atoms with Crippen molar-refractivity contribution < 1.29 is 14.3 Å². The standard InChI is InChI=1S/C17H16N4O3/c1-24-14-6-2-11(3-7-14)9-18-16(22)17(23)20-13-5-4-12-10-19-21-15(12)8-13/h2-8,10H,9H2,1H3,(H,18,22)(H,19,21)(H,20,23). The molecule has 1 aromatic heterocycles. The SMILES string of the molecule is COc1ccc(CNC(=O)C(=O)Nc2ccc3cn[nH]c3c2)cc1. The maximum absolute atomic E-state index is 11.9. The number of carbonyl (C=O) groups is 2. The number of hydrogen-bond donors (Lipinski definition) is 3. The van der Waals surface area contributed by atoms with Gasteiger partial charge in [-0.1, -0.05) is 12.1 Å². The number of rotatable bonds is 4. The Morgan fingerprint density at radius 2 is 1.92 bits per heavy atom. The Hall–Kier alpha value is -3.35. The highest BCUT2D eigenvalue weighted by molar-refractivity contribution is 6.39. The zero-order valence-corrected chi connectivity index (χ0v) is 13.0. The van der Waals surface area contributed by atoms with E-state index in [9.17, 15) is 9.59 Å². The number of carbonyl (C=O) groups excluding carboxylic acids is 2. The first-order chi connectivity index (χ1) is 11.7. The minimum atomic E-state index is -0.720. The van der Waals surface area contributed by atoms with Crippen LogP contribution in [0.2, 0.25) is 0 Å². The zero-order valence-electron chi connectivity index (χ0n) is 13.0. The summed E-state index contributed by atoms with van der Waals surface area (Å²) in [7, 11) is 1.59. The van der Waals surface area contributed by atoms with E-state index in [-0.39, 0.29) is 6.54 Å². The lowest BCUT2D eigenvalue weighted by atomic mass is 10.2. The lowest BCUT2D eigenvalue weighted by Gasteiger charge is -2.07. The Balaban J connectivity index is 1.56. The summed E-state index contributed by atoms with van der Waals surface area (Å²) < 4.78 is 5.07. The summed E-state index contributed by atoms with van der Waals surface area (Å²) in [6.45, 7) is 0.260. The molecule has 0 atom stereocenters. The molecule has 0 fully saturated rings. The minimum Gasteiger partial charge on any atom is -0.497 e. The molecule has 3 rings (SSSR count). The normalized spacial score (nSPS) is 10.4. The van der Waals surface area contributed by atoms with Gasteiger partial charge in [-0.25, -0.2) is 0 Å². The number of amides is 2. The van der Waals surface area contributed by atoms with Gasteiger partial charge in [0.15, 0.2) is 0 Å². The monoisotopic (exact) mass is 324 g/mol. The molecule has 2 aromatic carbocycles. The van der Waals surface area contributed by atoms with Crippen LogP contribution in [0.1, 0.15) is 5.56 Å². The van der Waals surface area contributed by atoms with Crippen molar-refractivity contribution in [3.8, 4) is 5.75 Å². The lowest BCUT2D eigenvalue weighted by molar-refractivity contribution is -0.136. The number of methoxy groups -OCH3 is 1. The van der Waals surface area contributed by atoms with E-state index in [1.807, 2.05) is 18.2 Å². The highest BCUT2D eigenvalue weighted by Gasteiger charge is 2.13. The van der Waals surface area contributed by atoms with Crippen molar-refractivity contribution in [1.29, 1.82) is 0 Å². The van der Waals surface area contributed by atoms with Crippen molar-refractivity contribution in [2.24, 2.45) is 0 Å². The third-order valence-electron chi connectivity index (χ3n) is 3.52. The molecule has 3 aromatic rings. The molecule has 0 spiro atoms. The first kappa shape index (κ1) is 15.5. The summed E-state index contributed by atoms with van der Waals surface area (Å²) in [6, 6.07) is 12.5. The largest absolute Gasteiger partial charge is 0.497 e. The average molecular weight is 324 g/mol. The maximum atomic E-state index is 11.9. The van der Waals surface area contributed by atoms with Crippen molar-refractivity contribution in [3.63, 3.8) is 0 Å². The molecule has 1 heterocycles. The second-order valence-corrected chi connectivity index (χ2v) is 5.16. The summed E-state index contributed by atoms with van der Waals surface area (Å²) in [5.41, 5.74) is 2.18. The number of H-pyrrole nitrogens is 1. The summed E-state index contributed by atoms with van der Waals surface area (Å²) >= 11 is 0. The Kier molecular flexibility index (Phi) is 4.42. The van der Waals surface area contributed by atoms with Gasteiger partial charge >= 0.3 is 11.8 Å². The van der Waals surface area contributed by atoms with Crippen LogP contribution >= 0.6 is 0 Å². The molecule has 2 amide bonds. The van der Waals surface area contributed by atoms with Gasteiger partial charge in [0.05, 0.1) is 18.8 Å². The van der Waals surface area contributed by atoms with E-state index in [2.05, 4.69) is 20.8 Å². The zero-order chi connectivity index (χ0) is 16.9. The molecule has 7 heteroatoms. The molecule has 122 valence electrons. The fraction of sp³-hybridized carbons (Fsp3) is 0.118. The van der Waals surface area contributed by atoms with Crippen LogP contribution in [0.4, 0.5) is 5.69 Å². The van der Waals surface area contributed by atoms with Gasteiger partial charge in [0.2, 0.25) is 0 Å². The Morgan fingerprint density at radius 1 is 1.12 bits per heavy atom. The highest BCUT2D eigenvalue weighted by atomic mass is 16.5. The Bertz CT molecular complexity index is 871. The van der Waals surface area contributed by atoms with Gasteiger partial charge in [0.25, 0.3) is 0 Å². The third-order valence-corrected chi connectivity index (χ3v) is 3.52. The van der Waals surface area contributed by atoms with Crippen molar-refractivity contribution in [2.75, 3.05) is 12.4 Å². The maximum Gasteiger partial charge on any atom is 0.313 e. The number of ether oxygens (including phenoxy) is 1. The van der Waals surface area contributed by atoms with Gasteiger partial charge in [-0.05, 0) is 35.9 Å². The second kappa shape index (κ2) is 6.82. The van der Waals surface area contributed by atoms with Gasteiger partial charge in [-0.3, -0.25) is 14.7 Å². The molecule has 0 aliphatic carbocycles. The van der Waals surface area contributed by atoms with Gasteiger partial charge in [-0.2, -0.15) is 5.10 Å². The Morgan fingerprint density at radius 3 is 2.67 bits per heavy atom. The van der Waals surface area contributed by atoms with Gasteiger partial charge in [0.1, 0.15) is 5.75 Å². The molecule has 0 bridgehead atoms. The molecule has 0 aliphatic rings. The molecular formula is C17H16N4O3. The summed E-state index contributed by atoms with van der Waals surface area (Å²) in [5, 5.41) is 12.8. The van der Waals surface area contributed by atoms with E-state index in [0.717, 1.165) is 22.2 Å². The van der Waals surface area contributed by atoms with Crippen LogP contribution < -0.4 is 15.4 Å². The van der Waals surface area contributed by atoms with Crippen LogP contribution in [-0.4, -0.2) is 29.1 Å². The van der Waals surface area contributed by atoms with Crippen LogP contribution in [-0.2, 0) is 16.1 Å². The van der Waals surface area contributed by atoms with Crippen molar-refractivity contribution >= 4 is 28.4 Å². The minimum absolute atomic E-state index is 0.260. The van der Waals surface area contributed by atoms with E-state index < -0.39 is 11.8 Å². The van der Waals surface area contributed by atoms with Crippen LogP contribution in [0, 0.1) is 0 Å². The summed E-state index contributed by atoms with van der Waals surface area (Å²) in [5.74, 6) is -0.685. The lowest BCUT2D eigenvalue weighted by Crippen LogP contribution is -2.34. The van der Waals surface area contributed by atoms with Gasteiger partial charge in [0, 0.05) is 17.6 Å². The van der Waals surface area contributed by atoms with Crippen LogP contribution in [0.25, 0.3) is 10.9 Å². The van der Waals surface area contributed by atoms with Crippen LogP contribution in [0.5, 0.6) is 5.75 Å². The first-order valence-electron chi connectivity index (χ1n) is 7.31. The number of aromatic nitrogens is 2. The van der Waals surface area contributed by atoms with Gasteiger partial charge < -0.3 is 15.4 Å². The number of anilines is 1. The number of fused-ring (bicyclic) bond motifs is 1. The fourth-order valence-electron chi connectivity index (χ4n) is 2.21. The molecule has 24 heavy (non-hydrogen) atoms. The summed E-state index contributed by atoms with van der Waals surface area (Å²) in [6.07, 6.45) is 1.68. The summed E-state index contributed by atoms with van der Waals surface area (Å²) in [4.78, 5) is 23.8. The molecule has 0 unspecified atom stereocenters. The van der Waals surface area contributed by atoms with Crippen LogP contribution in [0.3, 0.4) is 0 Å². The fourth-order valence-corrected chi connectivity index (χ4v) is 2.21. The van der Waals surface area contributed by atoms with E-state index >= 15 is 0 Å². The molecule has 0 radical (unpaired) electrons. The van der Waals surface area contributed by atoms with Crippen molar-refractivity contribution in [3.05, 3.63) is 54.2 Å². The highest BCUT2D eigenvalue weighted by Crippen LogP contribution is 2.16. The van der Waals surface area contributed by atoms with E-state index in [1.165, 1.54) is 0 Å². The van der Waals surface area contributed by atoms with E-state index in [4.69, 9.17) is 4.74 Å². The molecule has 0 saturated heterocycles. The first-order valence-corrected chi connectivity index (χ1v) is 7.31. The predicted octanol–water partition coefficient (Wildman–Crippen LogP) is 1.83. The second-order valence-electron chi connectivity index (χ2n) is 5.16. The predicted molar refractivity (Wildman–Crippen MR) is 89.6 cm³/mol. The average Bonchev–Trinajstić information content (AvgIpc) is 3.07. The molecule has 7 nitrogen and oxygen atoms in total. The topological polar surface area (TPSA) is 96.1 Å². The number of nitrogens with zero attached hydrogens (tertiary/aromatic N) is 1. The quantitative estimate of drug-likeness (QED) is 0.638. The number of hydrogen-bond acceptors (Lipinski definition) is 4. The molecule has 0 saturated carbocycles.